The van der Waals surface area contributed by atoms with Crippen molar-refractivity contribution in [2.45, 2.75) is 18.9 Å². The minimum absolute atomic E-state index is 0.167. The molecule has 0 atom stereocenters. The molecule has 0 spiro atoms. The summed E-state index contributed by atoms with van der Waals surface area (Å²) in [6, 6.07) is 11.8. The molecule has 1 amide bonds. The number of amides is 1. The van der Waals surface area contributed by atoms with Crippen LogP contribution in [0.3, 0.4) is 0 Å². The molecule has 2 aromatic carbocycles. The summed E-state index contributed by atoms with van der Waals surface area (Å²) >= 11 is 0. The van der Waals surface area contributed by atoms with Gasteiger partial charge in [-0.25, -0.2) is 0 Å². The molecule has 4 nitrogen and oxygen atoms in total. The number of carbonyl (C=O) groups is 3. The van der Waals surface area contributed by atoms with Crippen molar-refractivity contribution in [3.8, 4) is 0 Å². The Labute approximate surface area is 127 Å². The van der Waals surface area contributed by atoms with Crippen molar-refractivity contribution in [1.82, 2.24) is 5.32 Å². The maximum Gasteiger partial charge on any atom is 0.251 e. The van der Waals surface area contributed by atoms with Gasteiger partial charge in [0.05, 0.1) is 0 Å². The SMILES string of the molecule is O=C(NC1CC1)c1ccc2c(c1)C(=O)c1ccccc1C2=O. The standard InChI is InChI=1S/C18H13NO3/c20-16-12-3-1-2-4-13(12)17(21)15-9-10(5-8-14(15)16)18(22)19-11-6-7-11/h1-5,8-9,11H,6-7H2,(H,19,22). The molecular weight excluding hydrogens is 278 g/mol. The normalized spacial score (nSPS) is 16.0. The number of carbonyl (C=O) groups excluding carboxylic acids is 3. The van der Waals surface area contributed by atoms with Crippen molar-refractivity contribution in [2.24, 2.45) is 0 Å². The second-order valence-corrected chi connectivity index (χ2v) is 5.71. The molecule has 0 aromatic heterocycles. The minimum atomic E-state index is -0.203. The third-order valence-electron chi connectivity index (χ3n) is 4.10. The molecule has 0 heterocycles. The zero-order valence-electron chi connectivity index (χ0n) is 11.8. The Balaban J connectivity index is 1.78. The van der Waals surface area contributed by atoms with E-state index in [1.165, 1.54) is 6.07 Å². The summed E-state index contributed by atoms with van der Waals surface area (Å²) in [4.78, 5) is 37.2. The summed E-state index contributed by atoms with van der Waals surface area (Å²) in [5, 5.41) is 2.89. The predicted octanol–water partition coefficient (Wildman–Crippen LogP) is 2.35. The molecular formula is C18H13NO3. The third kappa shape index (κ3) is 1.96. The lowest BCUT2D eigenvalue weighted by molar-refractivity contribution is 0.0948. The Bertz CT molecular complexity index is 834. The van der Waals surface area contributed by atoms with Gasteiger partial charge < -0.3 is 5.32 Å². The molecule has 0 saturated heterocycles. The van der Waals surface area contributed by atoms with E-state index in [4.69, 9.17) is 0 Å². The fraction of sp³-hybridized carbons (Fsp3) is 0.167. The van der Waals surface area contributed by atoms with Gasteiger partial charge in [-0.2, -0.15) is 0 Å². The fourth-order valence-corrected chi connectivity index (χ4v) is 2.74. The van der Waals surface area contributed by atoms with E-state index in [2.05, 4.69) is 5.32 Å². The van der Waals surface area contributed by atoms with Gasteiger partial charge in [0.25, 0.3) is 5.91 Å². The average Bonchev–Trinajstić information content (AvgIpc) is 3.36. The highest BCUT2D eigenvalue weighted by Gasteiger charge is 2.30. The Kier molecular flexibility index (Phi) is 2.73. The van der Waals surface area contributed by atoms with Gasteiger partial charge in [0, 0.05) is 33.9 Å². The maximum atomic E-state index is 12.6. The predicted molar refractivity (Wildman–Crippen MR) is 80.2 cm³/mol. The number of benzene rings is 2. The number of fused-ring (bicyclic) bond motifs is 2. The van der Waals surface area contributed by atoms with Crippen LogP contribution in [0.4, 0.5) is 0 Å². The van der Waals surface area contributed by atoms with Gasteiger partial charge in [-0.15, -0.1) is 0 Å². The summed E-state index contributed by atoms with van der Waals surface area (Å²) < 4.78 is 0. The molecule has 0 aliphatic heterocycles. The first kappa shape index (κ1) is 13.0. The molecule has 1 fully saturated rings. The van der Waals surface area contributed by atoms with E-state index in [1.807, 2.05) is 0 Å². The van der Waals surface area contributed by atoms with Crippen LogP contribution in [0.25, 0.3) is 0 Å². The van der Waals surface area contributed by atoms with E-state index < -0.39 is 0 Å². The number of ketones is 2. The molecule has 4 heteroatoms. The van der Waals surface area contributed by atoms with Gasteiger partial charge in [0.1, 0.15) is 0 Å². The Morgan fingerprint density at radius 2 is 1.45 bits per heavy atom. The number of hydrogen-bond donors (Lipinski definition) is 1. The highest BCUT2D eigenvalue weighted by molar-refractivity contribution is 6.28. The lowest BCUT2D eigenvalue weighted by Gasteiger charge is -2.17. The van der Waals surface area contributed by atoms with E-state index in [0.29, 0.717) is 27.8 Å². The number of hydrogen-bond acceptors (Lipinski definition) is 3. The van der Waals surface area contributed by atoms with Crippen LogP contribution in [-0.4, -0.2) is 23.5 Å². The molecule has 0 radical (unpaired) electrons. The second-order valence-electron chi connectivity index (χ2n) is 5.71. The van der Waals surface area contributed by atoms with E-state index >= 15 is 0 Å². The van der Waals surface area contributed by atoms with Gasteiger partial charge in [-0.1, -0.05) is 24.3 Å². The molecule has 2 aromatic rings. The van der Waals surface area contributed by atoms with Crippen LogP contribution in [0.1, 0.15) is 55.0 Å². The first-order chi connectivity index (χ1) is 10.6. The van der Waals surface area contributed by atoms with Crippen LogP contribution >= 0.6 is 0 Å². The van der Waals surface area contributed by atoms with Crippen LogP contribution in [-0.2, 0) is 0 Å². The summed E-state index contributed by atoms with van der Waals surface area (Å²) in [6.07, 6.45) is 2.00. The van der Waals surface area contributed by atoms with Gasteiger partial charge in [-0.3, -0.25) is 14.4 Å². The molecule has 0 bridgehead atoms. The zero-order valence-corrected chi connectivity index (χ0v) is 11.8. The summed E-state index contributed by atoms with van der Waals surface area (Å²) in [7, 11) is 0. The van der Waals surface area contributed by atoms with Crippen molar-refractivity contribution in [2.75, 3.05) is 0 Å². The van der Waals surface area contributed by atoms with Gasteiger partial charge in [0.15, 0.2) is 11.6 Å². The monoisotopic (exact) mass is 291 g/mol. The lowest BCUT2D eigenvalue weighted by Crippen LogP contribution is -2.27. The summed E-state index contributed by atoms with van der Waals surface area (Å²) in [6.45, 7) is 0. The van der Waals surface area contributed by atoms with Crippen LogP contribution in [0, 0.1) is 0 Å². The summed E-state index contributed by atoms with van der Waals surface area (Å²) in [5.41, 5.74) is 1.93. The molecule has 22 heavy (non-hydrogen) atoms. The topological polar surface area (TPSA) is 63.2 Å². The van der Waals surface area contributed by atoms with Crippen LogP contribution in [0.15, 0.2) is 42.5 Å². The van der Waals surface area contributed by atoms with Crippen molar-refractivity contribution < 1.29 is 14.4 Å². The molecule has 1 N–H and O–H groups in total. The van der Waals surface area contributed by atoms with Crippen LogP contribution in [0.5, 0.6) is 0 Å². The molecule has 1 saturated carbocycles. The summed E-state index contributed by atoms with van der Waals surface area (Å²) in [5.74, 6) is -0.560. The van der Waals surface area contributed by atoms with Crippen LogP contribution in [0.2, 0.25) is 0 Å². The Morgan fingerprint density at radius 3 is 2.09 bits per heavy atom. The highest BCUT2D eigenvalue weighted by Crippen LogP contribution is 2.28. The first-order valence-electron chi connectivity index (χ1n) is 7.28. The third-order valence-corrected chi connectivity index (χ3v) is 4.10. The van der Waals surface area contributed by atoms with Crippen LogP contribution < -0.4 is 5.32 Å². The van der Waals surface area contributed by atoms with E-state index in [-0.39, 0.29) is 23.5 Å². The smallest absolute Gasteiger partial charge is 0.251 e. The van der Waals surface area contributed by atoms with Crippen molar-refractivity contribution in [1.29, 1.82) is 0 Å². The van der Waals surface area contributed by atoms with Crippen molar-refractivity contribution in [3.63, 3.8) is 0 Å². The highest BCUT2D eigenvalue weighted by atomic mass is 16.2. The molecule has 2 aliphatic carbocycles. The molecule has 108 valence electrons. The largest absolute Gasteiger partial charge is 0.349 e. The van der Waals surface area contributed by atoms with Gasteiger partial charge in [0.2, 0.25) is 0 Å². The molecule has 4 rings (SSSR count). The average molecular weight is 291 g/mol. The molecule has 0 unspecified atom stereocenters. The van der Waals surface area contributed by atoms with Crippen molar-refractivity contribution >= 4 is 17.5 Å². The Hall–Kier alpha value is -2.75. The van der Waals surface area contributed by atoms with Gasteiger partial charge in [-0.05, 0) is 31.0 Å². The second kappa shape index (κ2) is 4.63. The van der Waals surface area contributed by atoms with E-state index in [9.17, 15) is 14.4 Å². The number of nitrogens with one attached hydrogen (secondary N) is 1. The van der Waals surface area contributed by atoms with Gasteiger partial charge >= 0.3 is 0 Å². The number of rotatable bonds is 2. The lowest BCUT2D eigenvalue weighted by atomic mass is 9.83. The first-order valence-corrected chi connectivity index (χ1v) is 7.28. The van der Waals surface area contributed by atoms with E-state index in [1.54, 1.807) is 36.4 Å². The Morgan fingerprint density at radius 1 is 0.864 bits per heavy atom. The quantitative estimate of drug-likeness (QED) is 0.788. The minimum Gasteiger partial charge on any atom is -0.349 e. The zero-order chi connectivity index (χ0) is 15.3. The molecule has 2 aliphatic rings. The fourth-order valence-electron chi connectivity index (χ4n) is 2.74. The van der Waals surface area contributed by atoms with E-state index in [0.717, 1.165) is 12.8 Å². The van der Waals surface area contributed by atoms with Crippen molar-refractivity contribution in [3.05, 3.63) is 70.3 Å². The maximum absolute atomic E-state index is 12.6.